The second-order valence-corrected chi connectivity index (χ2v) is 3.97. The zero-order valence-electron chi connectivity index (χ0n) is 8.70. The highest BCUT2D eigenvalue weighted by Gasteiger charge is 2.04. The minimum absolute atomic E-state index is 0.609. The number of rotatable bonds is 2. The SMILES string of the molecule is CC(C)c1ccc(C2=CN=CC2)cc1. The summed E-state index contributed by atoms with van der Waals surface area (Å²) in [7, 11) is 0. The molecule has 1 aliphatic heterocycles. The standard InChI is InChI=1S/C13H15N/c1-10(2)11-3-5-12(6-4-11)13-7-8-14-9-13/h3-6,8-10H,7H2,1-2H3. The molecule has 0 saturated heterocycles. The van der Waals surface area contributed by atoms with E-state index in [0.717, 1.165) is 6.42 Å². The molecule has 0 N–H and O–H groups in total. The van der Waals surface area contributed by atoms with Crippen LogP contribution in [0.5, 0.6) is 0 Å². The van der Waals surface area contributed by atoms with E-state index in [0.29, 0.717) is 5.92 Å². The van der Waals surface area contributed by atoms with Gasteiger partial charge in [0.25, 0.3) is 0 Å². The Hall–Kier alpha value is -1.37. The molecule has 1 aromatic carbocycles. The van der Waals surface area contributed by atoms with Crippen LogP contribution in [-0.2, 0) is 0 Å². The van der Waals surface area contributed by atoms with Gasteiger partial charge in [-0.2, -0.15) is 0 Å². The van der Waals surface area contributed by atoms with Gasteiger partial charge in [-0.15, -0.1) is 0 Å². The topological polar surface area (TPSA) is 12.4 Å². The average Bonchev–Trinajstić information content (AvgIpc) is 2.71. The molecule has 1 aromatic rings. The Morgan fingerprint density at radius 3 is 2.36 bits per heavy atom. The number of allylic oxidation sites excluding steroid dienone is 1. The van der Waals surface area contributed by atoms with E-state index >= 15 is 0 Å². The molecule has 0 saturated carbocycles. The summed E-state index contributed by atoms with van der Waals surface area (Å²) in [6.45, 7) is 4.43. The first kappa shape index (κ1) is 9.20. The molecule has 0 aromatic heterocycles. The summed E-state index contributed by atoms with van der Waals surface area (Å²) in [5, 5.41) is 0. The molecule has 0 bridgehead atoms. The van der Waals surface area contributed by atoms with Crippen molar-refractivity contribution >= 4 is 11.8 Å². The molecule has 0 spiro atoms. The predicted octanol–water partition coefficient (Wildman–Crippen LogP) is 3.63. The van der Waals surface area contributed by atoms with Crippen LogP contribution in [0.2, 0.25) is 0 Å². The average molecular weight is 185 g/mol. The van der Waals surface area contributed by atoms with Crippen molar-refractivity contribution in [1.29, 1.82) is 0 Å². The first-order valence-electron chi connectivity index (χ1n) is 5.08. The molecule has 0 amide bonds. The Bertz CT molecular complexity index is 369. The lowest BCUT2D eigenvalue weighted by Gasteiger charge is -2.06. The van der Waals surface area contributed by atoms with Gasteiger partial charge >= 0.3 is 0 Å². The van der Waals surface area contributed by atoms with Gasteiger partial charge in [0.2, 0.25) is 0 Å². The molecule has 1 aliphatic rings. The molecular weight excluding hydrogens is 170 g/mol. The van der Waals surface area contributed by atoms with Crippen molar-refractivity contribution in [3.05, 3.63) is 41.6 Å². The van der Waals surface area contributed by atoms with Crippen LogP contribution >= 0.6 is 0 Å². The fraction of sp³-hybridized carbons (Fsp3) is 0.308. The number of hydrogen-bond donors (Lipinski definition) is 0. The molecule has 2 rings (SSSR count). The number of nitrogens with zero attached hydrogens (tertiary/aromatic N) is 1. The van der Waals surface area contributed by atoms with Crippen LogP contribution in [0.1, 0.15) is 37.3 Å². The lowest BCUT2D eigenvalue weighted by molar-refractivity contribution is 0.866. The van der Waals surface area contributed by atoms with E-state index in [4.69, 9.17) is 0 Å². The van der Waals surface area contributed by atoms with Crippen LogP contribution in [0.15, 0.2) is 35.5 Å². The summed E-state index contributed by atoms with van der Waals surface area (Å²) < 4.78 is 0. The zero-order chi connectivity index (χ0) is 9.97. The van der Waals surface area contributed by atoms with Crippen molar-refractivity contribution in [3.63, 3.8) is 0 Å². The lowest BCUT2D eigenvalue weighted by Crippen LogP contribution is -1.88. The van der Waals surface area contributed by atoms with Gasteiger partial charge < -0.3 is 0 Å². The van der Waals surface area contributed by atoms with Crippen molar-refractivity contribution in [2.45, 2.75) is 26.2 Å². The maximum atomic E-state index is 4.11. The van der Waals surface area contributed by atoms with E-state index in [1.807, 2.05) is 12.4 Å². The van der Waals surface area contributed by atoms with Gasteiger partial charge in [0.15, 0.2) is 0 Å². The quantitative estimate of drug-likeness (QED) is 0.667. The van der Waals surface area contributed by atoms with Crippen LogP contribution in [0.25, 0.3) is 5.57 Å². The summed E-state index contributed by atoms with van der Waals surface area (Å²) in [6, 6.07) is 8.80. The highest BCUT2D eigenvalue weighted by molar-refractivity contribution is 5.84. The van der Waals surface area contributed by atoms with Gasteiger partial charge in [0.1, 0.15) is 0 Å². The molecule has 0 fully saturated rings. The fourth-order valence-electron chi connectivity index (χ4n) is 1.62. The Labute approximate surface area is 85.2 Å². The Morgan fingerprint density at radius 1 is 1.14 bits per heavy atom. The van der Waals surface area contributed by atoms with Crippen LogP contribution in [-0.4, -0.2) is 6.21 Å². The van der Waals surface area contributed by atoms with Crippen LogP contribution < -0.4 is 0 Å². The third kappa shape index (κ3) is 1.77. The van der Waals surface area contributed by atoms with Crippen molar-refractivity contribution in [3.8, 4) is 0 Å². The second-order valence-electron chi connectivity index (χ2n) is 3.97. The highest BCUT2D eigenvalue weighted by Crippen LogP contribution is 2.23. The molecule has 0 unspecified atom stereocenters. The molecule has 1 heteroatoms. The molecule has 72 valence electrons. The van der Waals surface area contributed by atoms with Gasteiger partial charge in [-0.1, -0.05) is 38.1 Å². The predicted molar refractivity (Wildman–Crippen MR) is 61.6 cm³/mol. The van der Waals surface area contributed by atoms with Crippen molar-refractivity contribution in [2.75, 3.05) is 0 Å². The molecule has 0 radical (unpaired) electrons. The van der Waals surface area contributed by atoms with Gasteiger partial charge in [-0.3, -0.25) is 4.99 Å². The van der Waals surface area contributed by atoms with Crippen LogP contribution in [0.3, 0.4) is 0 Å². The van der Waals surface area contributed by atoms with Crippen LogP contribution in [0, 0.1) is 0 Å². The monoisotopic (exact) mass is 185 g/mol. The summed E-state index contributed by atoms with van der Waals surface area (Å²) in [5.41, 5.74) is 4.01. The maximum Gasteiger partial charge on any atom is 0.0305 e. The Morgan fingerprint density at radius 2 is 1.86 bits per heavy atom. The highest BCUT2D eigenvalue weighted by atomic mass is 14.7. The first-order valence-corrected chi connectivity index (χ1v) is 5.08. The number of benzene rings is 1. The maximum absolute atomic E-state index is 4.11. The lowest BCUT2D eigenvalue weighted by atomic mass is 9.98. The van der Waals surface area contributed by atoms with Crippen molar-refractivity contribution < 1.29 is 0 Å². The number of hydrogen-bond acceptors (Lipinski definition) is 1. The molecule has 0 atom stereocenters. The summed E-state index contributed by atoms with van der Waals surface area (Å²) >= 11 is 0. The third-order valence-corrected chi connectivity index (χ3v) is 2.60. The van der Waals surface area contributed by atoms with E-state index in [9.17, 15) is 0 Å². The normalized spacial score (nSPS) is 14.9. The first-order chi connectivity index (χ1) is 6.77. The van der Waals surface area contributed by atoms with E-state index in [1.165, 1.54) is 16.7 Å². The molecule has 1 heterocycles. The van der Waals surface area contributed by atoms with Gasteiger partial charge in [-0.25, -0.2) is 0 Å². The van der Waals surface area contributed by atoms with Gasteiger partial charge in [0, 0.05) is 18.8 Å². The summed E-state index contributed by atoms with van der Waals surface area (Å²) in [4.78, 5) is 4.11. The number of aliphatic imine (C=N–C) groups is 1. The van der Waals surface area contributed by atoms with Gasteiger partial charge in [0.05, 0.1) is 0 Å². The molecule has 14 heavy (non-hydrogen) atoms. The van der Waals surface area contributed by atoms with Crippen molar-refractivity contribution in [2.24, 2.45) is 4.99 Å². The van der Waals surface area contributed by atoms with E-state index in [-0.39, 0.29) is 0 Å². The van der Waals surface area contributed by atoms with E-state index in [1.54, 1.807) is 0 Å². The van der Waals surface area contributed by atoms with Crippen LogP contribution in [0.4, 0.5) is 0 Å². The zero-order valence-corrected chi connectivity index (χ0v) is 8.70. The molecule has 0 aliphatic carbocycles. The second kappa shape index (κ2) is 3.79. The molecular formula is C13H15N. The van der Waals surface area contributed by atoms with Crippen molar-refractivity contribution in [1.82, 2.24) is 0 Å². The Balaban J connectivity index is 2.22. The third-order valence-electron chi connectivity index (χ3n) is 2.60. The summed E-state index contributed by atoms with van der Waals surface area (Å²) in [5.74, 6) is 0.609. The van der Waals surface area contributed by atoms with E-state index in [2.05, 4.69) is 43.1 Å². The largest absolute Gasteiger partial charge is 0.268 e. The minimum atomic E-state index is 0.609. The van der Waals surface area contributed by atoms with Gasteiger partial charge in [-0.05, 0) is 22.6 Å². The Kier molecular flexibility index (Phi) is 2.49. The fourth-order valence-corrected chi connectivity index (χ4v) is 1.62. The van der Waals surface area contributed by atoms with E-state index < -0.39 is 0 Å². The minimum Gasteiger partial charge on any atom is -0.268 e. The smallest absolute Gasteiger partial charge is 0.0305 e. The molecule has 1 nitrogen and oxygen atoms in total. The summed E-state index contributed by atoms with van der Waals surface area (Å²) in [6.07, 6.45) is 4.87.